The first-order valence-electron chi connectivity index (χ1n) is 10.6. The van der Waals surface area contributed by atoms with E-state index in [0.717, 1.165) is 55.6 Å². The van der Waals surface area contributed by atoms with Crippen molar-refractivity contribution in [3.05, 3.63) is 71.3 Å². The smallest absolute Gasteiger partial charge is 0.406 e. The number of ether oxygens (including phenoxy) is 2. The normalized spacial score (nSPS) is 10.9. The predicted molar refractivity (Wildman–Crippen MR) is 129 cm³/mol. The van der Waals surface area contributed by atoms with Crippen molar-refractivity contribution in [3.63, 3.8) is 0 Å². The van der Waals surface area contributed by atoms with Crippen LogP contribution in [0.25, 0.3) is 21.8 Å². The number of benzene rings is 3. The highest BCUT2D eigenvalue weighted by molar-refractivity contribution is 6.09. The van der Waals surface area contributed by atoms with Gasteiger partial charge < -0.3 is 20.1 Å². The molecule has 0 unspecified atom stereocenters. The van der Waals surface area contributed by atoms with E-state index in [0.29, 0.717) is 13.0 Å². The molecule has 0 bridgehead atoms. The summed E-state index contributed by atoms with van der Waals surface area (Å²) in [6, 6.07) is 18.6. The Morgan fingerprint density at radius 2 is 1.72 bits per heavy atom. The molecule has 4 aromatic rings. The standard InChI is InChI=1S/C26H27N3O3/c1-16-5-10-20-22(13-16)29-23-15-24(31-4)17(2)14-21(23)25(20)28-19-8-6-18(7-9-19)11-12-32-26(30)27-3/h5-10,13-15H,11-12H2,1-4H3,(H,27,30)(H,28,29). The lowest BCUT2D eigenvalue weighted by atomic mass is 10.0. The molecule has 1 aromatic heterocycles. The number of nitrogens with one attached hydrogen (secondary N) is 2. The largest absolute Gasteiger partial charge is 0.496 e. The van der Waals surface area contributed by atoms with E-state index in [1.165, 1.54) is 0 Å². The summed E-state index contributed by atoms with van der Waals surface area (Å²) in [7, 11) is 3.23. The fraction of sp³-hybridized carbons (Fsp3) is 0.231. The van der Waals surface area contributed by atoms with Crippen LogP contribution in [0.1, 0.15) is 16.7 Å². The molecule has 3 aromatic carbocycles. The molecule has 2 N–H and O–H groups in total. The Balaban J connectivity index is 1.69. The molecule has 0 saturated carbocycles. The molecule has 32 heavy (non-hydrogen) atoms. The minimum absolute atomic E-state index is 0.340. The van der Waals surface area contributed by atoms with Gasteiger partial charge in [-0.2, -0.15) is 0 Å². The van der Waals surface area contributed by atoms with Crippen LogP contribution < -0.4 is 15.4 Å². The summed E-state index contributed by atoms with van der Waals surface area (Å²) in [5, 5.41) is 8.17. The number of aryl methyl sites for hydroxylation is 2. The van der Waals surface area contributed by atoms with Crippen LogP contribution in [-0.2, 0) is 11.2 Å². The van der Waals surface area contributed by atoms with Gasteiger partial charge in [0.2, 0.25) is 0 Å². The minimum atomic E-state index is -0.415. The average Bonchev–Trinajstić information content (AvgIpc) is 2.79. The molecule has 4 rings (SSSR count). The molecule has 1 amide bonds. The molecular formula is C26H27N3O3. The Kier molecular flexibility index (Phi) is 6.12. The highest BCUT2D eigenvalue weighted by Crippen LogP contribution is 2.36. The quantitative estimate of drug-likeness (QED) is 0.387. The zero-order valence-electron chi connectivity index (χ0n) is 18.8. The summed E-state index contributed by atoms with van der Waals surface area (Å²) in [5.74, 6) is 0.825. The first-order chi connectivity index (χ1) is 15.5. The van der Waals surface area contributed by atoms with Gasteiger partial charge in [-0.1, -0.05) is 24.3 Å². The summed E-state index contributed by atoms with van der Waals surface area (Å²) in [4.78, 5) is 16.1. The number of amides is 1. The molecule has 6 nitrogen and oxygen atoms in total. The number of hydrogen-bond acceptors (Lipinski definition) is 5. The maximum absolute atomic E-state index is 11.2. The van der Waals surface area contributed by atoms with Crippen LogP contribution in [0, 0.1) is 13.8 Å². The van der Waals surface area contributed by atoms with Crippen molar-refractivity contribution in [3.8, 4) is 5.75 Å². The molecule has 0 spiro atoms. The van der Waals surface area contributed by atoms with Crippen LogP contribution in [-0.4, -0.2) is 31.8 Å². The van der Waals surface area contributed by atoms with Crippen molar-refractivity contribution >= 4 is 39.3 Å². The minimum Gasteiger partial charge on any atom is -0.496 e. The van der Waals surface area contributed by atoms with Gasteiger partial charge in [0.15, 0.2) is 0 Å². The summed E-state index contributed by atoms with van der Waals surface area (Å²) >= 11 is 0. The lowest BCUT2D eigenvalue weighted by Gasteiger charge is -2.16. The third kappa shape index (κ3) is 4.44. The molecule has 1 heterocycles. The fourth-order valence-electron chi connectivity index (χ4n) is 3.78. The Bertz CT molecular complexity index is 1280. The number of aromatic nitrogens is 1. The van der Waals surface area contributed by atoms with Gasteiger partial charge in [0.05, 0.1) is 30.4 Å². The average molecular weight is 430 g/mol. The van der Waals surface area contributed by atoms with E-state index in [9.17, 15) is 4.79 Å². The highest BCUT2D eigenvalue weighted by atomic mass is 16.5. The third-order valence-corrected chi connectivity index (χ3v) is 5.50. The summed E-state index contributed by atoms with van der Waals surface area (Å²) in [6.07, 6.45) is 0.245. The molecular weight excluding hydrogens is 402 g/mol. The number of alkyl carbamates (subject to hydrolysis) is 1. The molecule has 0 radical (unpaired) electrons. The number of fused-ring (bicyclic) bond motifs is 2. The monoisotopic (exact) mass is 429 g/mol. The fourth-order valence-corrected chi connectivity index (χ4v) is 3.78. The number of hydrogen-bond donors (Lipinski definition) is 2. The van der Waals surface area contributed by atoms with Crippen molar-refractivity contribution in [2.75, 3.05) is 26.1 Å². The number of carbonyl (C=O) groups excluding carboxylic acids is 1. The number of carbonyl (C=O) groups is 1. The molecule has 164 valence electrons. The molecule has 0 atom stereocenters. The van der Waals surface area contributed by atoms with Crippen LogP contribution in [0.5, 0.6) is 5.75 Å². The van der Waals surface area contributed by atoms with Crippen molar-refractivity contribution in [2.45, 2.75) is 20.3 Å². The number of methoxy groups -OCH3 is 1. The van der Waals surface area contributed by atoms with Crippen LogP contribution >= 0.6 is 0 Å². The first-order valence-corrected chi connectivity index (χ1v) is 10.6. The van der Waals surface area contributed by atoms with E-state index in [1.54, 1.807) is 14.2 Å². The number of anilines is 2. The Hall–Kier alpha value is -3.80. The first kappa shape index (κ1) is 21.4. The van der Waals surface area contributed by atoms with E-state index in [-0.39, 0.29) is 0 Å². The lowest BCUT2D eigenvalue weighted by molar-refractivity contribution is 0.150. The topological polar surface area (TPSA) is 72.5 Å². The molecule has 0 saturated heterocycles. The highest BCUT2D eigenvalue weighted by Gasteiger charge is 2.13. The van der Waals surface area contributed by atoms with Crippen molar-refractivity contribution in [1.82, 2.24) is 10.3 Å². The summed E-state index contributed by atoms with van der Waals surface area (Å²) in [6.45, 7) is 4.45. The van der Waals surface area contributed by atoms with Crippen LogP contribution in [0.15, 0.2) is 54.6 Å². The molecule has 0 aliphatic rings. The SMILES string of the molecule is CNC(=O)OCCc1ccc(Nc2c3ccc(C)cc3nc3cc(OC)c(C)cc23)cc1. The zero-order chi connectivity index (χ0) is 22.7. The predicted octanol–water partition coefficient (Wildman–Crippen LogP) is 5.66. The Morgan fingerprint density at radius 3 is 2.44 bits per heavy atom. The second-order valence-corrected chi connectivity index (χ2v) is 7.80. The lowest BCUT2D eigenvalue weighted by Crippen LogP contribution is -2.20. The van der Waals surface area contributed by atoms with Crippen molar-refractivity contribution in [2.24, 2.45) is 0 Å². The van der Waals surface area contributed by atoms with E-state index in [2.05, 4.69) is 41.8 Å². The van der Waals surface area contributed by atoms with Crippen molar-refractivity contribution in [1.29, 1.82) is 0 Å². The molecule has 0 aliphatic carbocycles. The Labute approximate surface area is 187 Å². The number of rotatable bonds is 6. The molecule has 0 aliphatic heterocycles. The Morgan fingerprint density at radius 1 is 0.969 bits per heavy atom. The molecule has 0 fully saturated rings. The van der Waals surface area contributed by atoms with Gasteiger partial charge in [-0.15, -0.1) is 0 Å². The number of nitrogens with zero attached hydrogens (tertiary/aromatic N) is 1. The van der Waals surface area contributed by atoms with Crippen LogP contribution in [0.2, 0.25) is 0 Å². The van der Waals surface area contributed by atoms with Gasteiger partial charge in [0.1, 0.15) is 5.75 Å². The zero-order valence-corrected chi connectivity index (χ0v) is 18.8. The maximum Gasteiger partial charge on any atom is 0.406 e. The van der Waals surface area contributed by atoms with Gasteiger partial charge in [-0.05, 0) is 54.8 Å². The van der Waals surface area contributed by atoms with E-state index in [4.69, 9.17) is 14.5 Å². The van der Waals surface area contributed by atoms with Gasteiger partial charge in [-0.25, -0.2) is 9.78 Å². The molecule has 6 heteroatoms. The third-order valence-electron chi connectivity index (χ3n) is 5.50. The second kappa shape index (κ2) is 9.14. The van der Waals surface area contributed by atoms with Gasteiger partial charge >= 0.3 is 6.09 Å². The number of pyridine rings is 1. The van der Waals surface area contributed by atoms with Gasteiger partial charge in [-0.3, -0.25) is 0 Å². The van der Waals surface area contributed by atoms with E-state index >= 15 is 0 Å². The summed E-state index contributed by atoms with van der Waals surface area (Å²) in [5.41, 5.74) is 7.14. The van der Waals surface area contributed by atoms with E-state index < -0.39 is 6.09 Å². The van der Waals surface area contributed by atoms with Gasteiger partial charge in [0.25, 0.3) is 0 Å². The second-order valence-electron chi connectivity index (χ2n) is 7.80. The van der Waals surface area contributed by atoms with Gasteiger partial charge in [0, 0.05) is 36.0 Å². The van der Waals surface area contributed by atoms with E-state index in [1.807, 2.05) is 37.3 Å². The van der Waals surface area contributed by atoms with Crippen LogP contribution in [0.4, 0.5) is 16.2 Å². The maximum atomic E-state index is 11.2. The van der Waals surface area contributed by atoms with Crippen molar-refractivity contribution < 1.29 is 14.3 Å². The van der Waals surface area contributed by atoms with Crippen LogP contribution in [0.3, 0.4) is 0 Å². The summed E-state index contributed by atoms with van der Waals surface area (Å²) < 4.78 is 10.6.